The summed E-state index contributed by atoms with van der Waals surface area (Å²) in [6.07, 6.45) is -0.264. The van der Waals surface area contributed by atoms with Gasteiger partial charge in [0.05, 0.1) is 6.42 Å². The van der Waals surface area contributed by atoms with Gasteiger partial charge < -0.3 is 9.88 Å². The van der Waals surface area contributed by atoms with Gasteiger partial charge in [-0.25, -0.2) is 4.79 Å². The average Bonchev–Trinajstić information content (AvgIpc) is 2.25. The maximum Gasteiger partial charge on any atom is 0.325 e. The molecule has 1 aromatic rings. The van der Waals surface area contributed by atoms with Gasteiger partial charge in [-0.05, 0) is 0 Å². The van der Waals surface area contributed by atoms with Gasteiger partial charge in [0, 0.05) is 11.8 Å². The third-order valence-electron chi connectivity index (χ3n) is 2.46. The molecule has 0 spiro atoms. The smallest absolute Gasteiger partial charge is 0.324 e. The summed E-state index contributed by atoms with van der Waals surface area (Å²) in [4.78, 5) is 61.5. The second-order valence-electron chi connectivity index (χ2n) is 4.01. The van der Waals surface area contributed by atoms with Crippen LogP contribution in [0, 0.1) is 0 Å². The molecular weight excluding hydrogens is 256 g/mol. The van der Waals surface area contributed by atoms with E-state index in [-0.39, 0.29) is 25.2 Å². The summed E-state index contributed by atoms with van der Waals surface area (Å²) in [7, 11) is 0. The maximum absolute atomic E-state index is 11.8. The van der Waals surface area contributed by atoms with Gasteiger partial charge in [-0.15, -0.1) is 0 Å². The first-order valence-corrected chi connectivity index (χ1v) is 5.37. The molecule has 0 saturated carbocycles. The Balaban J connectivity index is 2.12. The lowest BCUT2D eigenvalue weighted by Gasteiger charge is -2.25. The van der Waals surface area contributed by atoms with Gasteiger partial charge in [-0.2, -0.15) is 0 Å². The van der Waals surface area contributed by atoms with Crippen LogP contribution >= 0.6 is 0 Å². The zero-order valence-electron chi connectivity index (χ0n) is 9.69. The molecule has 3 amide bonds. The molecule has 0 atom stereocenters. The lowest BCUT2D eigenvalue weighted by Crippen LogP contribution is -2.53. The summed E-state index contributed by atoms with van der Waals surface area (Å²) in [5, 5.41) is 2.06. The maximum atomic E-state index is 11.8. The molecule has 0 aromatic carbocycles. The predicted molar refractivity (Wildman–Crippen MR) is 61.1 cm³/mol. The van der Waals surface area contributed by atoms with Crippen molar-refractivity contribution >= 4 is 17.7 Å². The molecular formula is C10H10N4O5. The van der Waals surface area contributed by atoms with Crippen LogP contribution in [0.1, 0.15) is 5.69 Å². The third-order valence-corrected chi connectivity index (χ3v) is 2.46. The predicted octanol–water partition coefficient (Wildman–Crippen LogP) is -2.91. The molecule has 1 saturated heterocycles. The Kier molecular flexibility index (Phi) is 3.27. The number of H-pyrrole nitrogens is 2. The van der Waals surface area contributed by atoms with Crippen LogP contribution in [0.5, 0.6) is 0 Å². The van der Waals surface area contributed by atoms with Gasteiger partial charge in [-0.3, -0.25) is 29.5 Å². The monoisotopic (exact) mass is 266 g/mol. The van der Waals surface area contributed by atoms with E-state index >= 15 is 0 Å². The molecule has 9 heteroatoms. The molecule has 1 aromatic heterocycles. The number of imide groups is 1. The normalized spacial score (nSPS) is 15.3. The van der Waals surface area contributed by atoms with E-state index in [0.29, 0.717) is 0 Å². The number of amides is 3. The number of hydrogen-bond donors (Lipinski definition) is 3. The van der Waals surface area contributed by atoms with Gasteiger partial charge in [0.15, 0.2) is 0 Å². The lowest BCUT2D eigenvalue weighted by atomic mass is 10.2. The van der Waals surface area contributed by atoms with Crippen molar-refractivity contribution < 1.29 is 14.4 Å². The molecule has 0 radical (unpaired) electrons. The summed E-state index contributed by atoms with van der Waals surface area (Å²) >= 11 is 0. The summed E-state index contributed by atoms with van der Waals surface area (Å²) in [6.45, 7) is -0.448. The number of hydrogen-bond acceptors (Lipinski definition) is 5. The number of nitrogens with zero attached hydrogens (tertiary/aromatic N) is 1. The van der Waals surface area contributed by atoms with Crippen molar-refractivity contribution in [3.05, 3.63) is 32.6 Å². The minimum Gasteiger partial charge on any atom is -0.324 e. The fraction of sp³-hybridized carbons (Fsp3) is 0.300. The highest BCUT2D eigenvalue weighted by atomic mass is 16.2. The van der Waals surface area contributed by atoms with Crippen molar-refractivity contribution in [3.63, 3.8) is 0 Å². The number of carbonyl (C=O) groups excluding carboxylic acids is 3. The third kappa shape index (κ3) is 3.15. The molecule has 2 rings (SSSR count). The summed E-state index contributed by atoms with van der Waals surface area (Å²) in [5.41, 5.74) is -1.22. The highest BCUT2D eigenvalue weighted by Crippen LogP contribution is 2.00. The Bertz CT molecular complexity index is 614. The molecule has 1 aliphatic rings. The van der Waals surface area contributed by atoms with Gasteiger partial charge in [0.25, 0.3) is 5.56 Å². The first-order chi connectivity index (χ1) is 8.94. The van der Waals surface area contributed by atoms with E-state index in [1.54, 1.807) is 0 Å². The quantitative estimate of drug-likeness (QED) is 0.494. The number of aromatic amines is 2. The first-order valence-electron chi connectivity index (χ1n) is 5.37. The van der Waals surface area contributed by atoms with E-state index in [1.807, 2.05) is 4.98 Å². The minimum absolute atomic E-state index is 0.122. The van der Waals surface area contributed by atoms with Crippen LogP contribution in [0.2, 0.25) is 0 Å². The minimum atomic E-state index is -0.720. The summed E-state index contributed by atoms with van der Waals surface area (Å²) in [6, 6.07) is 1.07. The number of aromatic nitrogens is 2. The largest absolute Gasteiger partial charge is 0.325 e. The van der Waals surface area contributed by atoms with Gasteiger partial charge >= 0.3 is 5.69 Å². The van der Waals surface area contributed by atoms with Gasteiger partial charge in [0.2, 0.25) is 17.7 Å². The Hall–Kier alpha value is -2.71. The number of rotatable bonds is 2. The van der Waals surface area contributed by atoms with Crippen LogP contribution < -0.4 is 16.6 Å². The molecule has 1 aliphatic heterocycles. The zero-order chi connectivity index (χ0) is 14.0. The van der Waals surface area contributed by atoms with Crippen molar-refractivity contribution in [1.29, 1.82) is 0 Å². The van der Waals surface area contributed by atoms with E-state index in [4.69, 9.17) is 0 Å². The van der Waals surface area contributed by atoms with Gasteiger partial charge in [0.1, 0.15) is 13.1 Å². The highest BCUT2D eigenvalue weighted by molar-refractivity contribution is 6.02. The second kappa shape index (κ2) is 4.88. The fourth-order valence-corrected chi connectivity index (χ4v) is 1.70. The zero-order valence-corrected chi connectivity index (χ0v) is 9.69. The Labute approximate surface area is 105 Å². The average molecular weight is 266 g/mol. The van der Waals surface area contributed by atoms with Crippen molar-refractivity contribution in [1.82, 2.24) is 20.2 Å². The standard InChI is InChI=1S/C10H10N4O5/c15-6-1-5(11-10(19)13-6)2-9(18)14-3-7(16)12-8(17)4-14/h1H,2-4H2,(H,12,16,17)(H2,11,13,15,19). The lowest BCUT2D eigenvalue weighted by molar-refractivity contribution is -0.145. The molecule has 19 heavy (non-hydrogen) atoms. The van der Waals surface area contributed by atoms with Crippen LogP contribution in [0.4, 0.5) is 0 Å². The molecule has 100 valence electrons. The van der Waals surface area contributed by atoms with Crippen LogP contribution in [0.15, 0.2) is 15.7 Å². The van der Waals surface area contributed by atoms with Crippen molar-refractivity contribution in [2.75, 3.05) is 13.1 Å². The van der Waals surface area contributed by atoms with E-state index in [2.05, 4.69) is 10.3 Å². The number of piperazine rings is 1. The summed E-state index contributed by atoms with van der Waals surface area (Å²) in [5.74, 6) is -1.66. The Morgan fingerprint density at radius 2 is 1.74 bits per heavy atom. The van der Waals surface area contributed by atoms with Crippen molar-refractivity contribution in [2.24, 2.45) is 0 Å². The van der Waals surface area contributed by atoms with Crippen molar-refractivity contribution in [3.8, 4) is 0 Å². The fourth-order valence-electron chi connectivity index (χ4n) is 1.70. The second-order valence-corrected chi connectivity index (χ2v) is 4.01. The summed E-state index contributed by atoms with van der Waals surface area (Å²) < 4.78 is 0. The Morgan fingerprint density at radius 1 is 1.11 bits per heavy atom. The molecule has 0 unspecified atom stereocenters. The van der Waals surface area contributed by atoms with E-state index in [1.165, 1.54) is 0 Å². The first kappa shape index (κ1) is 12.7. The van der Waals surface area contributed by atoms with Crippen LogP contribution in [0.3, 0.4) is 0 Å². The molecule has 0 aliphatic carbocycles. The molecule has 1 fully saturated rings. The highest BCUT2D eigenvalue weighted by Gasteiger charge is 2.26. The molecule has 9 nitrogen and oxygen atoms in total. The SMILES string of the molecule is O=C1CN(C(=O)Cc2cc(=O)[nH]c(=O)[nH]2)CC(=O)N1. The molecule has 0 bridgehead atoms. The topological polar surface area (TPSA) is 132 Å². The number of carbonyl (C=O) groups is 3. The van der Waals surface area contributed by atoms with Crippen LogP contribution in [0.25, 0.3) is 0 Å². The van der Waals surface area contributed by atoms with E-state index in [0.717, 1.165) is 11.0 Å². The number of nitrogens with one attached hydrogen (secondary N) is 3. The van der Waals surface area contributed by atoms with Gasteiger partial charge in [-0.1, -0.05) is 0 Å². The van der Waals surface area contributed by atoms with Crippen molar-refractivity contribution in [2.45, 2.75) is 6.42 Å². The Morgan fingerprint density at radius 3 is 2.32 bits per heavy atom. The molecule has 2 heterocycles. The van der Waals surface area contributed by atoms with Crippen LogP contribution in [-0.4, -0.2) is 45.7 Å². The van der Waals surface area contributed by atoms with E-state index in [9.17, 15) is 24.0 Å². The van der Waals surface area contributed by atoms with E-state index < -0.39 is 29.0 Å². The molecule has 3 N–H and O–H groups in total. The van der Waals surface area contributed by atoms with Crippen LogP contribution in [-0.2, 0) is 20.8 Å².